The molecule has 0 fully saturated rings. The summed E-state index contributed by atoms with van der Waals surface area (Å²) in [6, 6.07) is 1.80. The number of halogens is 1. The van der Waals surface area contributed by atoms with Crippen LogP contribution in [-0.4, -0.2) is 21.7 Å². The van der Waals surface area contributed by atoms with Crippen molar-refractivity contribution in [2.24, 2.45) is 0 Å². The molecular formula is C10H12BrN5O. The van der Waals surface area contributed by atoms with Gasteiger partial charge in [0.25, 0.3) is 0 Å². The SMILES string of the molecule is CCNc1ncc(Br)c(NCc2ccno2)n1. The molecule has 7 heteroatoms. The predicted molar refractivity (Wildman–Crippen MR) is 67.7 cm³/mol. The van der Waals surface area contributed by atoms with Crippen molar-refractivity contribution >= 4 is 27.7 Å². The van der Waals surface area contributed by atoms with Crippen LogP contribution in [0.25, 0.3) is 0 Å². The van der Waals surface area contributed by atoms with Gasteiger partial charge in [0.2, 0.25) is 5.95 Å². The summed E-state index contributed by atoms with van der Waals surface area (Å²) in [7, 11) is 0. The highest BCUT2D eigenvalue weighted by Gasteiger charge is 2.05. The number of aromatic nitrogens is 3. The third-order valence-electron chi connectivity index (χ3n) is 2.00. The molecule has 0 amide bonds. The Morgan fingerprint density at radius 2 is 2.29 bits per heavy atom. The summed E-state index contributed by atoms with van der Waals surface area (Å²) in [5, 5.41) is 9.82. The highest BCUT2D eigenvalue weighted by atomic mass is 79.9. The zero-order valence-electron chi connectivity index (χ0n) is 9.27. The van der Waals surface area contributed by atoms with Crippen molar-refractivity contribution in [3.8, 4) is 0 Å². The van der Waals surface area contributed by atoms with Crippen LogP contribution >= 0.6 is 15.9 Å². The second-order valence-electron chi connectivity index (χ2n) is 3.25. The Morgan fingerprint density at radius 3 is 3.00 bits per heavy atom. The van der Waals surface area contributed by atoms with Gasteiger partial charge in [-0.25, -0.2) is 4.98 Å². The first-order valence-electron chi connectivity index (χ1n) is 5.19. The summed E-state index contributed by atoms with van der Waals surface area (Å²) < 4.78 is 5.79. The van der Waals surface area contributed by atoms with Gasteiger partial charge in [0, 0.05) is 18.8 Å². The first kappa shape index (κ1) is 11.8. The number of hydrogen-bond donors (Lipinski definition) is 2. The maximum absolute atomic E-state index is 4.99. The van der Waals surface area contributed by atoms with Gasteiger partial charge in [-0.3, -0.25) is 0 Å². The van der Waals surface area contributed by atoms with E-state index in [2.05, 4.69) is 41.7 Å². The highest BCUT2D eigenvalue weighted by molar-refractivity contribution is 9.10. The Hall–Kier alpha value is -1.63. The lowest BCUT2D eigenvalue weighted by atomic mass is 10.4. The summed E-state index contributed by atoms with van der Waals surface area (Å²) in [6.45, 7) is 3.30. The quantitative estimate of drug-likeness (QED) is 0.882. The van der Waals surface area contributed by atoms with E-state index in [1.54, 1.807) is 18.5 Å². The summed E-state index contributed by atoms with van der Waals surface area (Å²) in [5.41, 5.74) is 0. The molecule has 2 rings (SSSR count). The molecule has 17 heavy (non-hydrogen) atoms. The lowest BCUT2D eigenvalue weighted by Crippen LogP contribution is -2.06. The van der Waals surface area contributed by atoms with E-state index in [1.165, 1.54) is 0 Å². The van der Waals surface area contributed by atoms with Crippen LogP contribution in [0.5, 0.6) is 0 Å². The first-order chi connectivity index (χ1) is 8.29. The smallest absolute Gasteiger partial charge is 0.224 e. The lowest BCUT2D eigenvalue weighted by molar-refractivity contribution is 0.388. The topological polar surface area (TPSA) is 75.9 Å². The zero-order chi connectivity index (χ0) is 12.1. The fourth-order valence-electron chi connectivity index (χ4n) is 1.24. The third-order valence-corrected chi connectivity index (χ3v) is 2.58. The molecule has 2 aromatic heterocycles. The Labute approximate surface area is 107 Å². The fourth-order valence-corrected chi connectivity index (χ4v) is 1.57. The predicted octanol–water partition coefficient (Wildman–Crippen LogP) is 2.27. The minimum atomic E-state index is 0.529. The summed E-state index contributed by atoms with van der Waals surface area (Å²) in [6.07, 6.45) is 3.31. The van der Waals surface area contributed by atoms with Gasteiger partial charge in [-0.1, -0.05) is 5.16 Å². The van der Waals surface area contributed by atoms with Crippen molar-refractivity contribution in [2.75, 3.05) is 17.2 Å². The zero-order valence-corrected chi connectivity index (χ0v) is 10.9. The molecule has 0 spiro atoms. The molecular weight excluding hydrogens is 286 g/mol. The molecule has 0 aromatic carbocycles. The van der Waals surface area contributed by atoms with E-state index in [0.717, 1.165) is 16.8 Å². The number of rotatable bonds is 5. The van der Waals surface area contributed by atoms with E-state index in [1.807, 2.05) is 6.92 Å². The fraction of sp³-hybridized carbons (Fsp3) is 0.300. The van der Waals surface area contributed by atoms with Crippen molar-refractivity contribution in [3.63, 3.8) is 0 Å². The van der Waals surface area contributed by atoms with E-state index in [-0.39, 0.29) is 0 Å². The second kappa shape index (κ2) is 5.62. The molecule has 0 radical (unpaired) electrons. The van der Waals surface area contributed by atoms with E-state index in [9.17, 15) is 0 Å². The number of anilines is 2. The number of hydrogen-bond acceptors (Lipinski definition) is 6. The van der Waals surface area contributed by atoms with E-state index < -0.39 is 0 Å². The largest absolute Gasteiger partial charge is 0.362 e. The molecule has 0 bridgehead atoms. The minimum Gasteiger partial charge on any atom is -0.362 e. The molecule has 2 heterocycles. The van der Waals surface area contributed by atoms with Crippen molar-refractivity contribution in [1.29, 1.82) is 0 Å². The van der Waals surface area contributed by atoms with Gasteiger partial charge >= 0.3 is 0 Å². The molecule has 0 atom stereocenters. The standard InChI is InChI=1S/C10H12BrN5O/c1-2-12-10-14-6-8(11)9(16-10)13-5-7-3-4-15-17-7/h3-4,6H,2,5H2,1H3,(H2,12,13,14,16). The van der Waals surface area contributed by atoms with Gasteiger partial charge in [-0.15, -0.1) is 0 Å². The van der Waals surface area contributed by atoms with Crippen LogP contribution in [0, 0.1) is 0 Å². The van der Waals surface area contributed by atoms with Gasteiger partial charge in [0.1, 0.15) is 5.82 Å². The molecule has 2 N–H and O–H groups in total. The van der Waals surface area contributed by atoms with Crippen molar-refractivity contribution < 1.29 is 4.52 Å². The van der Waals surface area contributed by atoms with Crippen LogP contribution in [0.1, 0.15) is 12.7 Å². The van der Waals surface area contributed by atoms with E-state index >= 15 is 0 Å². The van der Waals surface area contributed by atoms with Crippen molar-refractivity contribution in [3.05, 3.63) is 28.7 Å². The van der Waals surface area contributed by atoms with Gasteiger partial charge in [-0.05, 0) is 22.9 Å². The van der Waals surface area contributed by atoms with Crippen LogP contribution in [0.3, 0.4) is 0 Å². The van der Waals surface area contributed by atoms with Crippen molar-refractivity contribution in [1.82, 2.24) is 15.1 Å². The highest BCUT2D eigenvalue weighted by Crippen LogP contribution is 2.20. The number of nitrogens with zero attached hydrogens (tertiary/aromatic N) is 3. The van der Waals surface area contributed by atoms with Crippen molar-refractivity contribution in [2.45, 2.75) is 13.5 Å². The van der Waals surface area contributed by atoms with Crippen LogP contribution in [0.15, 0.2) is 27.5 Å². The maximum atomic E-state index is 4.99. The van der Waals surface area contributed by atoms with E-state index in [0.29, 0.717) is 18.3 Å². The van der Waals surface area contributed by atoms with Gasteiger partial charge in [0.05, 0.1) is 17.2 Å². The van der Waals surface area contributed by atoms with Gasteiger partial charge in [-0.2, -0.15) is 4.98 Å². The van der Waals surface area contributed by atoms with Crippen LogP contribution in [0.4, 0.5) is 11.8 Å². The molecule has 0 saturated carbocycles. The molecule has 6 nitrogen and oxygen atoms in total. The Kier molecular flexibility index (Phi) is 3.92. The van der Waals surface area contributed by atoms with E-state index in [4.69, 9.17) is 4.52 Å². The lowest BCUT2D eigenvalue weighted by Gasteiger charge is -2.07. The molecule has 0 unspecified atom stereocenters. The van der Waals surface area contributed by atoms with Gasteiger partial charge in [0.15, 0.2) is 5.76 Å². The molecule has 0 aliphatic heterocycles. The molecule has 90 valence electrons. The van der Waals surface area contributed by atoms with Crippen LogP contribution in [-0.2, 0) is 6.54 Å². The molecule has 0 saturated heterocycles. The third kappa shape index (κ3) is 3.16. The van der Waals surface area contributed by atoms with Crippen LogP contribution in [0.2, 0.25) is 0 Å². The second-order valence-corrected chi connectivity index (χ2v) is 4.11. The average Bonchev–Trinajstić information content (AvgIpc) is 2.83. The molecule has 2 aromatic rings. The summed E-state index contributed by atoms with van der Waals surface area (Å²) >= 11 is 3.38. The molecule has 0 aliphatic carbocycles. The van der Waals surface area contributed by atoms with Crippen LogP contribution < -0.4 is 10.6 Å². The Balaban J connectivity index is 2.06. The first-order valence-corrected chi connectivity index (χ1v) is 5.98. The number of nitrogens with one attached hydrogen (secondary N) is 2. The monoisotopic (exact) mass is 297 g/mol. The molecule has 0 aliphatic rings. The van der Waals surface area contributed by atoms with Gasteiger partial charge < -0.3 is 15.2 Å². The minimum absolute atomic E-state index is 0.529. The summed E-state index contributed by atoms with van der Waals surface area (Å²) in [5.74, 6) is 2.06. The average molecular weight is 298 g/mol. The Morgan fingerprint density at radius 1 is 1.41 bits per heavy atom. The Bertz CT molecular complexity index is 474. The summed E-state index contributed by atoms with van der Waals surface area (Å²) in [4.78, 5) is 8.45. The normalized spacial score (nSPS) is 10.2. The maximum Gasteiger partial charge on any atom is 0.224 e.